The van der Waals surface area contributed by atoms with Gasteiger partial charge in [-0.05, 0) is 48.5 Å². The van der Waals surface area contributed by atoms with Crippen molar-refractivity contribution >= 4 is 29.2 Å². The Kier molecular flexibility index (Phi) is 3.82. The summed E-state index contributed by atoms with van der Waals surface area (Å²) in [6.45, 7) is 0. The van der Waals surface area contributed by atoms with Gasteiger partial charge in [-0.1, -0.05) is 11.6 Å². The highest BCUT2D eigenvalue weighted by molar-refractivity contribution is 6.30. The first-order chi connectivity index (χ1) is 9.06. The molecule has 2 aromatic carbocycles. The monoisotopic (exact) mass is 275 g/mol. The summed E-state index contributed by atoms with van der Waals surface area (Å²) in [6, 6.07) is 12.4. The van der Waals surface area contributed by atoms with Crippen LogP contribution in [-0.4, -0.2) is 17.0 Å². The molecule has 0 spiro atoms. The minimum Gasteiger partial charge on any atom is -0.478 e. The molecule has 0 aliphatic rings. The first-order valence-electron chi connectivity index (χ1n) is 5.46. The van der Waals surface area contributed by atoms with Crippen LogP contribution in [0.4, 0.5) is 5.69 Å². The number of nitrogens with one attached hydrogen (secondary N) is 1. The summed E-state index contributed by atoms with van der Waals surface area (Å²) in [5.74, 6) is -1.33. The van der Waals surface area contributed by atoms with Gasteiger partial charge in [-0.25, -0.2) is 4.79 Å². The predicted octanol–water partition coefficient (Wildman–Crippen LogP) is 3.29. The van der Waals surface area contributed by atoms with Crippen molar-refractivity contribution in [2.45, 2.75) is 0 Å². The van der Waals surface area contributed by atoms with Crippen molar-refractivity contribution in [3.05, 3.63) is 64.7 Å². The van der Waals surface area contributed by atoms with Gasteiger partial charge < -0.3 is 10.4 Å². The van der Waals surface area contributed by atoms with E-state index in [0.29, 0.717) is 16.3 Å². The standard InChI is InChI=1S/C14H10ClNO3/c15-11-5-7-12(8-6-11)16-13(17)9-1-3-10(4-2-9)14(18)19/h1-8H,(H,16,17)(H,18,19). The third kappa shape index (κ3) is 3.33. The van der Waals surface area contributed by atoms with Crippen LogP contribution >= 0.6 is 11.6 Å². The molecular formula is C14H10ClNO3. The fraction of sp³-hybridized carbons (Fsp3) is 0. The molecule has 2 N–H and O–H groups in total. The molecule has 0 bridgehead atoms. The molecule has 2 aromatic rings. The molecule has 0 saturated carbocycles. The zero-order valence-electron chi connectivity index (χ0n) is 9.76. The summed E-state index contributed by atoms with van der Waals surface area (Å²) in [7, 11) is 0. The van der Waals surface area contributed by atoms with Crippen molar-refractivity contribution in [1.82, 2.24) is 0 Å². The minimum atomic E-state index is -1.02. The van der Waals surface area contributed by atoms with Gasteiger partial charge in [-0.3, -0.25) is 4.79 Å². The van der Waals surface area contributed by atoms with Crippen LogP contribution in [0.15, 0.2) is 48.5 Å². The summed E-state index contributed by atoms with van der Waals surface area (Å²) < 4.78 is 0. The molecule has 0 heterocycles. The molecule has 0 saturated heterocycles. The quantitative estimate of drug-likeness (QED) is 0.903. The number of benzene rings is 2. The highest BCUT2D eigenvalue weighted by Crippen LogP contribution is 2.14. The molecule has 5 heteroatoms. The average Bonchev–Trinajstić information content (AvgIpc) is 2.41. The molecule has 19 heavy (non-hydrogen) atoms. The molecule has 0 atom stereocenters. The summed E-state index contributed by atoms with van der Waals surface area (Å²) in [4.78, 5) is 22.6. The van der Waals surface area contributed by atoms with Crippen molar-refractivity contribution in [1.29, 1.82) is 0 Å². The molecule has 2 rings (SSSR count). The Balaban J connectivity index is 2.11. The maximum Gasteiger partial charge on any atom is 0.335 e. The number of hydrogen-bond donors (Lipinski definition) is 2. The van der Waals surface area contributed by atoms with Crippen LogP contribution in [0.3, 0.4) is 0 Å². The molecule has 96 valence electrons. The molecule has 0 aliphatic heterocycles. The van der Waals surface area contributed by atoms with Crippen LogP contribution in [0.2, 0.25) is 5.02 Å². The van der Waals surface area contributed by atoms with E-state index in [1.807, 2.05) is 0 Å². The molecule has 0 unspecified atom stereocenters. The number of hydrogen-bond acceptors (Lipinski definition) is 2. The third-order valence-electron chi connectivity index (χ3n) is 2.50. The fourth-order valence-electron chi connectivity index (χ4n) is 1.50. The number of aromatic carboxylic acids is 1. The van der Waals surface area contributed by atoms with Gasteiger partial charge in [0.2, 0.25) is 0 Å². The molecular weight excluding hydrogens is 266 g/mol. The van der Waals surface area contributed by atoms with Crippen LogP contribution in [0.1, 0.15) is 20.7 Å². The third-order valence-corrected chi connectivity index (χ3v) is 2.75. The lowest BCUT2D eigenvalue weighted by Crippen LogP contribution is -2.12. The topological polar surface area (TPSA) is 66.4 Å². The molecule has 0 radical (unpaired) electrons. The van der Waals surface area contributed by atoms with Crippen LogP contribution in [0.25, 0.3) is 0 Å². The van der Waals surface area contributed by atoms with E-state index < -0.39 is 5.97 Å². The highest BCUT2D eigenvalue weighted by Gasteiger charge is 2.08. The summed E-state index contributed by atoms with van der Waals surface area (Å²) >= 11 is 5.74. The number of halogens is 1. The summed E-state index contributed by atoms with van der Waals surface area (Å²) in [5.41, 5.74) is 1.15. The van der Waals surface area contributed by atoms with E-state index in [1.54, 1.807) is 24.3 Å². The van der Waals surface area contributed by atoms with Crippen LogP contribution in [0.5, 0.6) is 0 Å². The van der Waals surface area contributed by atoms with Crippen molar-refractivity contribution in [2.75, 3.05) is 5.32 Å². The van der Waals surface area contributed by atoms with Gasteiger partial charge in [0.1, 0.15) is 0 Å². The van der Waals surface area contributed by atoms with Crippen molar-refractivity contribution in [2.24, 2.45) is 0 Å². The van der Waals surface area contributed by atoms with Crippen LogP contribution < -0.4 is 5.32 Å². The van der Waals surface area contributed by atoms with E-state index >= 15 is 0 Å². The highest BCUT2D eigenvalue weighted by atomic mass is 35.5. The van der Waals surface area contributed by atoms with Gasteiger partial charge in [-0.15, -0.1) is 0 Å². The molecule has 0 aromatic heterocycles. The van der Waals surface area contributed by atoms with Gasteiger partial charge in [0.05, 0.1) is 5.56 Å². The van der Waals surface area contributed by atoms with Crippen molar-refractivity contribution < 1.29 is 14.7 Å². The number of carbonyl (C=O) groups excluding carboxylic acids is 1. The largest absolute Gasteiger partial charge is 0.478 e. The normalized spacial score (nSPS) is 9.95. The SMILES string of the molecule is O=C(O)c1ccc(C(=O)Nc2ccc(Cl)cc2)cc1. The number of carbonyl (C=O) groups is 2. The lowest BCUT2D eigenvalue weighted by Gasteiger charge is -2.05. The van der Waals surface area contributed by atoms with E-state index in [4.69, 9.17) is 16.7 Å². The van der Waals surface area contributed by atoms with Gasteiger partial charge in [0, 0.05) is 16.3 Å². The Hall–Kier alpha value is -2.33. The molecule has 0 fully saturated rings. The first kappa shape index (κ1) is 13.1. The summed E-state index contributed by atoms with van der Waals surface area (Å²) in [5, 5.41) is 12.0. The smallest absolute Gasteiger partial charge is 0.335 e. The Labute approximate surface area is 114 Å². The number of carboxylic acids is 1. The van der Waals surface area contributed by atoms with E-state index in [0.717, 1.165) is 0 Å². The molecule has 0 aliphatic carbocycles. The van der Waals surface area contributed by atoms with Gasteiger partial charge >= 0.3 is 5.97 Å². The Bertz CT molecular complexity index is 606. The second-order valence-electron chi connectivity index (χ2n) is 3.84. The van der Waals surface area contributed by atoms with E-state index in [9.17, 15) is 9.59 Å². The number of carboxylic acid groups (broad SMARTS) is 1. The maximum atomic E-state index is 11.9. The number of amides is 1. The second kappa shape index (κ2) is 5.54. The van der Waals surface area contributed by atoms with Crippen LogP contribution in [0, 0.1) is 0 Å². The van der Waals surface area contributed by atoms with E-state index in [1.165, 1.54) is 24.3 Å². The van der Waals surface area contributed by atoms with Gasteiger partial charge in [0.25, 0.3) is 5.91 Å². The van der Waals surface area contributed by atoms with Crippen molar-refractivity contribution in [3.8, 4) is 0 Å². The Morgan fingerprint density at radius 1 is 0.895 bits per heavy atom. The van der Waals surface area contributed by atoms with Gasteiger partial charge in [0.15, 0.2) is 0 Å². The number of rotatable bonds is 3. The summed E-state index contributed by atoms with van der Waals surface area (Å²) in [6.07, 6.45) is 0. The number of anilines is 1. The fourth-order valence-corrected chi connectivity index (χ4v) is 1.63. The minimum absolute atomic E-state index is 0.142. The molecule has 4 nitrogen and oxygen atoms in total. The average molecular weight is 276 g/mol. The van der Waals surface area contributed by atoms with E-state index in [2.05, 4.69) is 5.32 Å². The molecule has 1 amide bonds. The maximum absolute atomic E-state index is 11.9. The Morgan fingerprint density at radius 3 is 1.95 bits per heavy atom. The van der Waals surface area contributed by atoms with E-state index in [-0.39, 0.29) is 11.5 Å². The zero-order chi connectivity index (χ0) is 13.8. The lowest BCUT2D eigenvalue weighted by atomic mass is 10.1. The van der Waals surface area contributed by atoms with Gasteiger partial charge in [-0.2, -0.15) is 0 Å². The van der Waals surface area contributed by atoms with Crippen molar-refractivity contribution in [3.63, 3.8) is 0 Å². The predicted molar refractivity (Wildman–Crippen MR) is 72.8 cm³/mol. The van der Waals surface area contributed by atoms with Crippen LogP contribution in [-0.2, 0) is 0 Å². The Morgan fingerprint density at radius 2 is 1.42 bits per heavy atom. The zero-order valence-corrected chi connectivity index (χ0v) is 10.5. The first-order valence-corrected chi connectivity index (χ1v) is 5.84. The lowest BCUT2D eigenvalue weighted by molar-refractivity contribution is 0.0696. The second-order valence-corrected chi connectivity index (χ2v) is 4.28.